The van der Waals surface area contributed by atoms with E-state index in [1.807, 2.05) is 6.07 Å². The van der Waals surface area contributed by atoms with E-state index in [0.717, 1.165) is 24.0 Å². The van der Waals surface area contributed by atoms with Crippen LogP contribution in [0.5, 0.6) is 0 Å². The molecule has 2 aromatic rings. The Morgan fingerprint density at radius 1 is 1.12 bits per heavy atom. The molecule has 0 saturated heterocycles. The minimum Gasteiger partial charge on any atom is -0.376 e. The van der Waals surface area contributed by atoms with Crippen molar-refractivity contribution in [3.05, 3.63) is 23.2 Å². The first kappa shape index (κ1) is 15.9. The van der Waals surface area contributed by atoms with Crippen LogP contribution in [-0.2, 0) is 4.79 Å². The van der Waals surface area contributed by atoms with Gasteiger partial charge in [0.25, 0.3) is 0 Å². The number of anilines is 1. The van der Waals surface area contributed by atoms with Gasteiger partial charge in [0.05, 0.1) is 21.8 Å². The predicted octanol–water partition coefficient (Wildman–Crippen LogP) is 4.42. The van der Waals surface area contributed by atoms with Crippen LogP contribution >= 0.6 is 11.3 Å². The van der Waals surface area contributed by atoms with Gasteiger partial charge in [-0.05, 0) is 43.9 Å². The van der Waals surface area contributed by atoms with Gasteiger partial charge in [0.2, 0.25) is 5.91 Å². The summed E-state index contributed by atoms with van der Waals surface area (Å²) in [6.07, 6.45) is 9.92. The molecule has 1 heterocycles. The minimum absolute atomic E-state index is 0.102. The monoisotopic (exact) mass is 343 g/mol. The zero-order chi connectivity index (χ0) is 16.4. The van der Waals surface area contributed by atoms with Crippen molar-refractivity contribution in [3.8, 4) is 0 Å². The average molecular weight is 343 g/mol. The Labute approximate surface area is 147 Å². The first-order chi connectivity index (χ1) is 11.8. The van der Waals surface area contributed by atoms with Crippen molar-refractivity contribution in [2.75, 3.05) is 11.9 Å². The SMILES string of the molecule is O=C(CNc1ccc2nc(C3CC3)sc2c1)NC1CCCCCC1. The number of hydrogen-bond donors (Lipinski definition) is 2. The topological polar surface area (TPSA) is 54.0 Å². The fraction of sp³-hybridized carbons (Fsp3) is 0.579. The van der Waals surface area contributed by atoms with Gasteiger partial charge in [-0.25, -0.2) is 4.98 Å². The van der Waals surface area contributed by atoms with Gasteiger partial charge in [-0.3, -0.25) is 4.79 Å². The lowest BCUT2D eigenvalue weighted by Gasteiger charge is -2.16. The highest BCUT2D eigenvalue weighted by Gasteiger charge is 2.27. The number of thiazole rings is 1. The van der Waals surface area contributed by atoms with Crippen LogP contribution in [0, 0.1) is 0 Å². The van der Waals surface area contributed by atoms with Crippen molar-refractivity contribution in [1.82, 2.24) is 10.3 Å². The lowest BCUT2D eigenvalue weighted by Crippen LogP contribution is -2.38. The molecule has 0 atom stereocenters. The number of aromatic nitrogens is 1. The molecule has 1 aromatic carbocycles. The molecule has 0 unspecified atom stereocenters. The molecular weight excluding hydrogens is 318 g/mol. The molecule has 2 aliphatic carbocycles. The molecule has 2 aliphatic rings. The molecule has 2 N–H and O–H groups in total. The lowest BCUT2D eigenvalue weighted by molar-refractivity contribution is -0.120. The first-order valence-corrected chi connectivity index (χ1v) is 10.0. The Kier molecular flexibility index (Phi) is 4.69. The van der Waals surface area contributed by atoms with E-state index >= 15 is 0 Å². The second-order valence-electron chi connectivity index (χ2n) is 7.12. The molecule has 1 amide bonds. The number of nitrogens with zero attached hydrogens (tertiary/aromatic N) is 1. The summed E-state index contributed by atoms with van der Waals surface area (Å²) < 4.78 is 1.21. The maximum absolute atomic E-state index is 12.2. The highest BCUT2D eigenvalue weighted by Crippen LogP contribution is 2.43. The normalized spacial score (nSPS) is 19.2. The molecule has 5 heteroatoms. The van der Waals surface area contributed by atoms with E-state index < -0.39 is 0 Å². The van der Waals surface area contributed by atoms with Crippen molar-refractivity contribution >= 4 is 33.1 Å². The number of fused-ring (bicyclic) bond motifs is 1. The number of rotatable bonds is 5. The first-order valence-electron chi connectivity index (χ1n) is 9.22. The highest BCUT2D eigenvalue weighted by atomic mass is 32.1. The van der Waals surface area contributed by atoms with E-state index in [0.29, 0.717) is 18.5 Å². The smallest absolute Gasteiger partial charge is 0.239 e. The van der Waals surface area contributed by atoms with Crippen LogP contribution in [0.2, 0.25) is 0 Å². The van der Waals surface area contributed by atoms with Crippen LogP contribution in [0.4, 0.5) is 5.69 Å². The second-order valence-corrected chi connectivity index (χ2v) is 8.18. The predicted molar refractivity (Wildman–Crippen MR) is 99.7 cm³/mol. The summed E-state index contributed by atoms with van der Waals surface area (Å²) >= 11 is 1.80. The largest absolute Gasteiger partial charge is 0.376 e. The standard InChI is InChI=1S/C19H25N3OS/c23-18(21-14-5-3-1-2-4-6-14)12-20-15-9-10-16-17(11-15)24-19(22-16)13-7-8-13/h9-11,13-14,20H,1-8,12H2,(H,21,23). The van der Waals surface area contributed by atoms with Crippen LogP contribution in [0.15, 0.2) is 18.2 Å². The van der Waals surface area contributed by atoms with Gasteiger partial charge in [0.15, 0.2) is 0 Å². The van der Waals surface area contributed by atoms with Crippen molar-refractivity contribution in [2.45, 2.75) is 63.3 Å². The molecule has 0 radical (unpaired) electrons. The van der Waals surface area contributed by atoms with Crippen LogP contribution in [-0.4, -0.2) is 23.5 Å². The molecular formula is C19H25N3OS. The number of nitrogens with one attached hydrogen (secondary N) is 2. The zero-order valence-electron chi connectivity index (χ0n) is 14.0. The molecule has 1 aromatic heterocycles. The lowest BCUT2D eigenvalue weighted by atomic mass is 10.1. The highest BCUT2D eigenvalue weighted by molar-refractivity contribution is 7.18. The summed E-state index contributed by atoms with van der Waals surface area (Å²) in [6.45, 7) is 0.344. The third-order valence-electron chi connectivity index (χ3n) is 5.00. The zero-order valence-corrected chi connectivity index (χ0v) is 14.8. The Morgan fingerprint density at radius 2 is 1.92 bits per heavy atom. The van der Waals surface area contributed by atoms with E-state index in [2.05, 4.69) is 22.8 Å². The second kappa shape index (κ2) is 7.09. The van der Waals surface area contributed by atoms with Gasteiger partial charge >= 0.3 is 0 Å². The van der Waals surface area contributed by atoms with E-state index in [-0.39, 0.29) is 5.91 Å². The van der Waals surface area contributed by atoms with Gasteiger partial charge in [0, 0.05) is 17.6 Å². The molecule has 4 rings (SSSR count). The van der Waals surface area contributed by atoms with Crippen LogP contribution < -0.4 is 10.6 Å². The number of carbonyl (C=O) groups is 1. The molecule has 4 nitrogen and oxygen atoms in total. The maximum atomic E-state index is 12.2. The molecule has 2 saturated carbocycles. The summed E-state index contributed by atoms with van der Waals surface area (Å²) in [7, 11) is 0. The van der Waals surface area contributed by atoms with Crippen LogP contribution in [0.1, 0.15) is 62.3 Å². The minimum atomic E-state index is 0.102. The summed E-state index contributed by atoms with van der Waals surface area (Å²) in [6, 6.07) is 6.57. The van der Waals surface area contributed by atoms with E-state index in [1.54, 1.807) is 11.3 Å². The van der Waals surface area contributed by atoms with Gasteiger partial charge < -0.3 is 10.6 Å². The number of hydrogen-bond acceptors (Lipinski definition) is 4. The van der Waals surface area contributed by atoms with Gasteiger partial charge in [-0.2, -0.15) is 0 Å². The van der Waals surface area contributed by atoms with Crippen molar-refractivity contribution in [3.63, 3.8) is 0 Å². The van der Waals surface area contributed by atoms with Crippen LogP contribution in [0.3, 0.4) is 0 Å². The molecule has 0 spiro atoms. The molecule has 128 valence electrons. The van der Waals surface area contributed by atoms with Crippen molar-refractivity contribution in [2.24, 2.45) is 0 Å². The molecule has 2 fully saturated rings. The Bertz CT molecular complexity index is 714. The van der Waals surface area contributed by atoms with Crippen molar-refractivity contribution < 1.29 is 4.79 Å². The fourth-order valence-electron chi connectivity index (χ4n) is 3.44. The average Bonchev–Trinajstić information content (AvgIpc) is 3.38. The number of carbonyl (C=O) groups excluding carboxylic acids is 1. The number of amides is 1. The Morgan fingerprint density at radius 3 is 2.67 bits per heavy atom. The van der Waals surface area contributed by atoms with Gasteiger partial charge in [0.1, 0.15) is 0 Å². The summed E-state index contributed by atoms with van der Waals surface area (Å²) in [4.78, 5) is 16.9. The molecule has 0 aliphatic heterocycles. The Balaban J connectivity index is 1.32. The Hall–Kier alpha value is -1.62. The summed E-state index contributed by atoms with van der Waals surface area (Å²) in [5.41, 5.74) is 2.08. The van der Waals surface area contributed by atoms with E-state index in [1.165, 1.54) is 48.2 Å². The third kappa shape index (κ3) is 3.89. The third-order valence-corrected chi connectivity index (χ3v) is 6.19. The van der Waals surface area contributed by atoms with Crippen LogP contribution in [0.25, 0.3) is 10.2 Å². The maximum Gasteiger partial charge on any atom is 0.239 e. The van der Waals surface area contributed by atoms with Gasteiger partial charge in [-0.1, -0.05) is 25.7 Å². The summed E-state index contributed by atoms with van der Waals surface area (Å²) in [5.74, 6) is 0.800. The fourth-order valence-corrected chi connectivity index (χ4v) is 4.62. The van der Waals surface area contributed by atoms with Gasteiger partial charge in [-0.15, -0.1) is 11.3 Å². The molecule has 24 heavy (non-hydrogen) atoms. The quantitative estimate of drug-likeness (QED) is 0.790. The van der Waals surface area contributed by atoms with E-state index in [4.69, 9.17) is 4.98 Å². The summed E-state index contributed by atoms with van der Waals surface area (Å²) in [5, 5.41) is 7.72. The molecule has 0 bridgehead atoms. The van der Waals surface area contributed by atoms with E-state index in [9.17, 15) is 4.79 Å². The van der Waals surface area contributed by atoms with Crippen molar-refractivity contribution in [1.29, 1.82) is 0 Å². The number of benzene rings is 1.